The molecule has 2 aliphatic heterocycles. The number of thioether (sulfide) groups is 1. The average molecular weight is 446 g/mol. The van der Waals surface area contributed by atoms with Gasteiger partial charge in [0.05, 0.1) is 46.7 Å². The van der Waals surface area contributed by atoms with Crippen molar-refractivity contribution >= 4 is 56.7 Å². The number of rotatable bonds is 4. The van der Waals surface area contributed by atoms with Crippen LogP contribution in [0.1, 0.15) is 25.7 Å². The summed E-state index contributed by atoms with van der Waals surface area (Å²) in [6.07, 6.45) is 3.66. The van der Waals surface area contributed by atoms with Gasteiger partial charge in [0.2, 0.25) is 17.7 Å². The number of fused-ring (bicyclic) bond motifs is 2. The van der Waals surface area contributed by atoms with Crippen molar-refractivity contribution in [3.63, 3.8) is 0 Å². The summed E-state index contributed by atoms with van der Waals surface area (Å²) >= 11 is 2.93. The first-order chi connectivity index (χ1) is 14.6. The average Bonchev–Trinajstić information content (AvgIpc) is 3.30. The molecule has 3 aliphatic rings. The van der Waals surface area contributed by atoms with E-state index in [1.54, 1.807) is 0 Å². The zero-order chi connectivity index (χ0) is 20.7. The fraction of sp³-hybridized carbons (Fsp3) is 0.524. The van der Waals surface area contributed by atoms with Crippen molar-refractivity contribution in [3.05, 3.63) is 18.2 Å². The maximum atomic E-state index is 12.9. The van der Waals surface area contributed by atoms with Crippen LogP contribution in [0.5, 0.6) is 0 Å². The minimum Gasteiger partial charge on any atom is -0.378 e. The number of imide groups is 1. The van der Waals surface area contributed by atoms with Gasteiger partial charge in [-0.2, -0.15) is 0 Å². The molecule has 2 aromatic rings. The van der Waals surface area contributed by atoms with E-state index in [1.165, 1.54) is 28.0 Å². The maximum absolute atomic E-state index is 12.9. The molecule has 0 radical (unpaired) electrons. The van der Waals surface area contributed by atoms with E-state index in [4.69, 9.17) is 4.74 Å². The van der Waals surface area contributed by atoms with Crippen LogP contribution in [0.2, 0.25) is 0 Å². The van der Waals surface area contributed by atoms with Crippen LogP contribution >= 0.6 is 23.1 Å². The molecule has 0 spiro atoms. The van der Waals surface area contributed by atoms with E-state index in [0.717, 1.165) is 40.2 Å². The van der Waals surface area contributed by atoms with Gasteiger partial charge in [0.1, 0.15) is 0 Å². The molecule has 2 saturated heterocycles. The number of amides is 3. The molecule has 1 aromatic heterocycles. The van der Waals surface area contributed by atoms with E-state index >= 15 is 0 Å². The van der Waals surface area contributed by atoms with Gasteiger partial charge in [0.15, 0.2) is 4.34 Å². The molecular formula is C21H23N3O4S2. The highest BCUT2D eigenvalue weighted by molar-refractivity contribution is 8.01. The molecule has 3 fully saturated rings. The van der Waals surface area contributed by atoms with Gasteiger partial charge in [0.25, 0.3) is 0 Å². The number of carbonyl (C=O) groups is 3. The van der Waals surface area contributed by atoms with Gasteiger partial charge < -0.3 is 9.64 Å². The molecule has 3 heterocycles. The Bertz CT molecular complexity index is 977. The first-order valence-electron chi connectivity index (χ1n) is 10.4. The molecule has 9 heteroatoms. The lowest BCUT2D eigenvalue weighted by Crippen LogP contribution is -2.41. The Hall–Kier alpha value is -1.97. The van der Waals surface area contributed by atoms with Crippen LogP contribution in [0, 0.1) is 11.8 Å². The number of carbonyl (C=O) groups excluding carboxylic acids is 3. The van der Waals surface area contributed by atoms with Gasteiger partial charge in [-0.05, 0) is 31.0 Å². The molecule has 5 rings (SSSR count). The number of thiazole rings is 1. The number of nitrogens with zero attached hydrogens (tertiary/aromatic N) is 3. The topological polar surface area (TPSA) is 79.8 Å². The van der Waals surface area contributed by atoms with E-state index in [0.29, 0.717) is 37.7 Å². The van der Waals surface area contributed by atoms with Crippen LogP contribution in [0.15, 0.2) is 22.5 Å². The molecule has 2 atom stereocenters. The lowest BCUT2D eigenvalue weighted by atomic mass is 9.81. The van der Waals surface area contributed by atoms with Crippen LogP contribution in [-0.4, -0.2) is 59.7 Å². The predicted octanol–water partition coefficient (Wildman–Crippen LogP) is 2.93. The van der Waals surface area contributed by atoms with E-state index in [-0.39, 0.29) is 29.6 Å². The Morgan fingerprint density at radius 1 is 1.13 bits per heavy atom. The van der Waals surface area contributed by atoms with Gasteiger partial charge >= 0.3 is 0 Å². The predicted molar refractivity (Wildman–Crippen MR) is 116 cm³/mol. The number of anilines is 1. The first kappa shape index (κ1) is 20.0. The lowest BCUT2D eigenvalue weighted by molar-refractivity contribution is -0.132. The van der Waals surface area contributed by atoms with Crippen LogP contribution in [0.25, 0.3) is 10.2 Å². The Labute approximate surface area is 182 Å². The minimum absolute atomic E-state index is 0.0562. The number of hydrogen-bond donors (Lipinski definition) is 0. The van der Waals surface area contributed by atoms with Crippen molar-refractivity contribution in [3.8, 4) is 0 Å². The summed E-state index contributed by atoms with van der Waals surface area (Å²) in [5, 5.41) is 0. The van der Waals surface area contributed by atoms with Crippen LogP contribution in [-0.2, 0) is 19.1 Å². The molecule has 0 N–H and O–H groups in total. The highest BCUT2D eigenvalue weighted by atomic mass is 32.2. The summed E-state index contributed by atoms with van der Waals surface area (Å²) in [4.78, 5) is 45.9. The number of morpholine rings is 1. The van der Waals surface area contributed by atoms with Gasteiger partial charge in [-0.1, -0.05) is 24.6 Å². The monoisotopic (exact) mass is 445 g/mol. The first-order valence-corrected chi connectivity index (χ1v) is 12.2. The minimum atomic E-state index is -0.152. The normalized spacial score (nSPS) is 24.5. The third-order valence-electron chi connectivity index (χ3n) is 6.13. The SMILES string of the molecule is O=C(CSc1nc2ccc(N3C(=O)[C@@H]4CCCC[C@H]4C3=O)cc2s1)N1CCOCC1. The third-order valence-corrected chi connectivity index (χ3v) is 8.28. The summed E-state index contributed by atoms with van der Waals surface area (Å²) in [6.45, 7) is 2.47. The summed E-state index contributed by atoms with van der Waals surface area (Å²) in [5.74, 6) is 0.0261. The summed E-state index contributed by atoms with van der Waals surface area (Å²) in [7, 11) is 0. The van der Waals surface area contributed by atoms with E-state index in [9.17, 15) is 14.4 Å². The zero-order valence-corrected chi connectivity index (χ0v) is 18.2. The zero-order valence-electron chi connectivity index (χ0n) is 16.5. The van der Waals surface area contributed by atoms with Crippen LogP contribution in [0.3, 0.4) is 0 Å². The smallest absolute Gasteiger partial charge is 0.237 e. The van der Waals surface area contributed by atoms with Crippen molar-refractivity contribution in [1.29, 1.82) is 0 Å². The maximum Gasteiger partial charge on any atom is 0.237 e. The molecule has 30 heavy (non-hydrogen) atoms. The highest BCUT2D eigenvalue weighted by Gasteiger charge is 2.48. The molecule has 7 nitrogen and oxygen atoms in total. The number of ether oxygens (including phenoxy) is 1. The summed E-state index contributed by atoms with van der Waals surface area (Å²) in [6, 6.07) is 5.55. The van der Waals surface area contributed by atoms with Gasteiger partial charge in [0, 0.05) is 13.1 Å². The van der Waals surface area contributed by atoms with E-state index < -0.39 is 0 Å². The standard InChI is InChI=1S/C21H23N3O4S2/c25-18(23-7-9-28-10-8-23)12-29-21-22-16-6-5-13(11-17(16)30-21)24-19(26)14-3-1-2-4-15(14)20(24)27/h5-6,11,14-15H,1-4,7-10,12H2/t14-,15-/m1/s1. The highest BCUT2D eigenvalue weighted by Crippen LogP contribution is 2.41. The molecular weight excluding hydrogens is 422 g/mol. The van der Waals surface area contributed by atoms with Gasteiger partial charge in [-0.3, -0.25) is 19.3 Å². The summed E-state index contributed by atoms with van der Waals surface area (Å²) < 4.78 is 7.03. The Kier molecular flexibility index (Phi) is 5.51. The van der Waals surface area contributed by atoms with Crippen LogP contribution < -0.4 is 4.90 Å². The van der Waals surface area contributed by atoms with E-state index in [1.807, 2.05) is 23.1 Å². The van der Waals surface area contributed by atoms with Gasteiger partial charge in [-0.15, -0.1) is 11.3 Å². The molecule has 1 aromatic carbocycles. The van der Waals surface area contributed by atoms with Crippen molar-refractivity contribution in [1.82, 2.24) is 9.88 Å². The van der Waals surface area contributed by atoms with Gasteiger partial charge in [-0.25, -0.2) is 4.98 Å². The van der Waals surface area contributed by atoms with E-state index in [2.05, 4.69) is 4.98 Å². The third kappa shape index (κ3) is 3.63. The molecule has 0 bridgehead atoms. The second kappa shape index (κ2) is 8.28. The number of hydrogen-bond acceptors (Lipinski definition) is 7. The molecule has 158 valence electrons. The molecule has 0 unspecified atom stereocenters. The van der Waals surface area contributed by atoms with Crippen molar-refractivity contribution < 1.29 is 19.1 Å². The number of aromatic nitrogens is 1. The lowest BCUT2D eigenvalue weighted by Gasteiger charge is -2.26. The quantitative estimate of drug-likeness (QED) is 0.532. The fourth-order valence-corrected chi connectivity index (χ4v) is 6.54. The fourth-order valence-electron chi connectivity index (χ4n) is 4.54. The Morgan fingerprint density at radius 2 is 1.83 bits per heavy atom. The Morgan fingerprint density at radius 3 is 2.53 bits per heavy atom. The second-order valence-corrected chi connectivity index (χ2v) is 10.2. The second-order valence-electron chi connectivity index (χ2n) is 7.92. The molecule has 3 amide bonds. The molecule has 1 saturated carbocycles. The van der Waals surface area contributed by atoms with Crippen molar-refractivity contribution in [2.24, 2.45) is 11.8 Å². The Balaban J connectivity index is 1.31. The number of benzene rings is 1. The van der Waals surface area contributed by atoms with Crippen molar-refractivity contribution in [2.75, 3.05) is 37.0 Å². The summed E-state index contributed by atoms with van der Waals surface area (Å²) in [5.41, 5.74) is 1.46. The van der Waals surface area contributed by atoms with Crippen LogP contribution in [0.4, 0.5) is 5.69 Å². The van der Waals surface area contributed by atoms with Crippen molar-refractivity contribution in [2.45, 2.75) is 30.0 Å². The molecule has 1 aliphatic carbocycles. The largest absolute Gasteiger partial charge is 0.378 e.